The van der Waals surface area contributed by atoms with Gasteiger partial charge in [-0.1, -0.05) is 0 Å². The summed E-state index contributed by atoms with van der Waals surface area (Å²) in [5, 5.41) is 3.06. The second kappa shape index (κ2) is 7.28. The Morgan fingerprint density at radius 2 is 2.35 bits per heavy atom. The first-order valence-electron chi connectivity index (χ1n) is 7.82. The normalized spacial score (nSPS) is 16.7. The summed E-state index contributed by atoms with van der Waals surface area (Å²) in [6.07, 6.45) is 8.53. The molecular formula is C17H20N4O2. The van der Waals surface area contributed by atoms with Gasteiger partial charge in [-0.05, 0) is 31.4 Å². The highest BCUT2D eigenvalue weighted by atomic mass is 16.5. The molecule has 2 aromatic heterocycles. The highest BCUT2D eigenvalue weighted by Gasteiger charge is 2.23. The highest BCUT2D eigenvalue weighted by molar-refractivity contribution is 5.76. The lowest BCUT2D eigenvalue weighted by Gasteiger charge is -2.25. The monoisotopic (exact) mass is 312 g/mol. The van der Waals surface area contributed by atoms with E-state index >= 15 is 0 Å². The lowest BCUT2D eigenvalue weighted by molar-refractivity contribution is -0.122. The van der Waals surface area contributed by atoms with Gasteiger partial charge < -0.3 is 10.1 Å². The number of ether oxygens (including phenoxy) is 1. The molecule has 6 heteroatoms. The Morgan fingerprint density at radius 1 is 1.43 bits per heavy atom. The highest BCUT2D eigenvalue weighted by Crippen LogP contribution is 2.29. The van der Waals surface area contributed by atoms with Gasteiger partial charge >= 0.3 is 0 Å². The maximum atomic E-state index is 11.9. The molecule has 0 spiro atoms. The molecule has 23 heavy (non-hydrogen) atoms. The number of amides is 1. The minimum atomic E-state index is -0.00828. The Hall–Kier alpha value is -2.34. The van der Waals surface area contributed by atoms with Gasteiger partial charge in [0.05, 0.1) is 12.6 Å². The molecule has 0 aromatic carbocycles. The fourth-order valence-corrected chi connectivity index (χ4v) is 2.79. The molecule has 120 valence electrons. The number of fused-ring (bicyclic) bond motifs is 1. The molecule has 1 aliphatic carbocycles. The summed E-state index contributed by atoms with van der Waals surface area (Å²) in [4.78, 5) is 25.2. The van der Waals surface area contributed by atoms with Crippen molar-refractivity contribution in [3.8, 4) is 11.4 Å². The Balaban J connectivity index is 1.79. The third-order valence-electron chi connectivity index (χ3n) is 3.97. The summed E-state index contributed by atoms with van der Waals surface area (Å²) >= 11 is 0. The molecule has 1 amide bonds. The first-order chi connectivity index (χ1) is 11.3. The van der Waals surface area contributed by atoms with Crippen LogP contribution >= 0.6 is 0 Å². The zero-order valence-electron chi connectivity index (χ0n) is 13.2. The van der Waals surface area contributed by atoms with E-state index in [0.29, 0.717) is 18.9 Å². The average molecular weight is 312 g/mol. The Labute approximate surface area is 135 Å². The Kier molecular flexibility index (Phi) is 4.92. The first-order valence-corrected chi connectivity index (χ1v) is 7.82. The van der Waals surface area contributed by atoms with E-state index in [4.69, 9.17) is 4.74 Å². The number of hydrogen-bond donors (Lipinski definition) is 1. The molecule has 0 unspecified atom stereocenters. The van der Waals surface area contributed by atoms with E-state index in [1.807, 2.05) is 18.3 Å². The van der Waals surface area contributed by atoms with Gasteiger partial charge in [-0.25, -0.2) is 9.97 Å². The Bertz CT molecular complexity index is 676. The van der Waals surface area contributed by atoms with E-state index in [1.54, 1.807) is 19.5 Å². The van der Waals surface area contributed by atoms with Crippen molar-refractivity contribution < 1.29 is 9.53 Å². The summed E-state index contributed by atoms with van der Waals surface area (Å²) in [5.41, 5.74) is 2.94. The average Bonchev–Trinajstić information content (AvgIpc) is 2.60. The number of carbonyl (C=O) groups excluding carboxylic acids is 1. The van der Waals surface area contributed by atoms with Crippen molar-refractivity contribution in [1.29, 1.82) is 0 Å². The number of methoxy groups -OCH3 is 1. The van der Waals surface area contributed by atoms with Crippen molar-refractivity contribution in [2.24, 2.45) is 0 Å². The summed E-state index contributed by atoms with van der Waals surface area (Å²) in [7, 11) is 1.59. The van der Waals surface area contributed by atoms with Gasteiger partial charge in [-0.15, -0.1) is 0 Å². The van der Waals surface area contributed by atoms with Crippen molar-refractivity contribution in [2.75, 3.05) is 13.7 Å². The molecular weight excluding hydrogens is 292 g/mol. The largest absolute Gasteiger partial charge is 0.384 e. The number of carbonyl (C=O) groups is 1. The van der Waals surface area contributed by atoms with Crippen LogP contribution in [-0.2, 0) is 16.0 Å². The quantitative estimate of drug-likeness (QED) is 0.914. The van der Waals surface area contributed by atoms with Gasteiger partial charge in [0.2, 0.25) is 5.91 Å². The number of nitrogens with zero attached hydrogens (tertiary/aromatic N) is 3. The fourth-order valence-electron chi connectivity index (χ4n) is 2.79. The molecule has 0 radical (unpaired) electrons. The van der Waals surface area contributed by atoms with E-state index in [9.17, 15) is 4.79 Å². The molecule has 0 saturated heterocycles. The number of hydrogen-bond acceptors (Lipinski definition) is 5. The molecule has 0 bridgehead atoms. The van der Waals surface area contributed by atoms with Crippen LogP contribution in [0.1, 0.15) is 36.6 Å². The standard InChI is InChI=1S/C17H20N4O2/c1-23-9-7-16(22)20-14-5-2-6-15-13(14)11-19-17(21-15)12-4-3-8-18-10-12/h3-4,8,10-11,14H,2,5-7,9H2,1H3,(H,20,22)/t14-/m0/s1. The van der Waals surface area contributed by atoms with Crippen molar-refractivity contribution >= 4 is 5.91 Å². The zero-order valence-corrected chi connectivity index (χ0v) is 13.2. The van der Waals surface area contributed by atoms with Crippen LogP contribution in [-0.4, -0.2) is 34.6 Å². The molecule has 1 N–H and O–H groups in total. The third-order valence-corrected chi connectivity index (χ3v) is 3.97. The number of aromatic nitrogens is 3. The van der Waals surface area contributed by atoms with E-state index < -0.39 is 0 Å². The van der Waals surface area contributed by atoms with Gasteiger partial charge in [0.15, 0.2) is 5.82 Å². The van der Waals surface area contributed by atoms with E-state index in [-0.39, 0.29) is 11.9 Å². The fraction of sp³-hybridized carbons (Fsp3) is 0.412. The van der Waals surface area contributed by atoms with Crippen LogP contribution in [0.2, 0.25) is 0 Å². The van der Waals surface area contributed by atoms with Gasteiger partial charge in [0.25, 0.3) is 0 Å². The third kappa shape index (κ3) is 3.71. The second-order valence-electron chi connectivity index (χ2n) is 5.59. The number of rotatable bonds is 5. The smallest absolute Gasteiger partial charge is 0.222 e. The van der Waals surface area contributed by atoms with Gasteiger partial charge in [0.1, 0.15) is 0 Å². The summed E-state index contributed by atoms with van der Waals surface area (Å²) in [6.45, 7) is 0.432. The van der Waals surface area contributed by atoms with Crippen LogP contribution in [0.4, 0.5) is 0 Å². The van der Waals surface area contributed by atoms with Gasteiger partial charge in [-0.3, -0.25) is 9.78 Å². The van der Waals surface area contributed by atoms with Crippen LogP contribution in [0.3, 0.4) is 0 Å². The van der Waals surface area contributed by atoms with Crippen LogP contribution in [0.5, 0.6) is 0 Å². The SMILES string of the molecule is COCCC(=O)N[C@H]1CCCc2nc(-c3cccnc3)ncc21. The zero-order chi connectivity index (χ0) is 16.1. The topological polar surface area (TPSA) is 77.0 Å². The van der Waals surface area contributed by atoms with Gasteiger partial charge in [-0.2, -0.15) is 0 Å². The van der Waals surface area contributed by atoms with E-state index in [0.717, 1.165) is 36.1 Å². The molecule has 2 aromatic rings. The summed E-state index contributed by atoms with van der Waals surface area (Å²) < 4.78 is 4.94. The lowest BCUT2D eigenvalue weighted by atomic mass is 9.92. The predicted molar refractivity (Wildman–Crippen MR) is 85.6 cm³/mol. The minimum Gasteiger partial charge on any atom is -0.384 e. The van der Waals surface area contributed by atoms with Crippen molar-refractivity contribution in [3.63, 3.8) is 0 Å². The molecule has 6 nitrogen and oxygen atoms in total. The van der Waals surface area contributed by atoms with Crippen LogP contribution in [0.15, 0.2) is 30.7 Å². The van der Waals surface area contributed by atoms with Crippen molar-refractivity contribution in [3.05, 3.63) is 42.0 Å². The molecule has 2 heterocycles. The molecule has 1 atom stereocenters. The van der Waals surface area contributed by atoms with E-state index in [1.165, 1.54) is 0 Å². The lowest BCUT2D eigenvalue weighted by Crippen LogP contribution is -2.32. The van der Waals surface area contributed by atoms with Crippen molar-refractivity contribution in [1.82, 2.24) is 20.3 Å². The number of pyridine rings is 1. The molecule has 0 aliphatic heterocycles. The van der Waals surface area contributed by atoms with Crippen LogP contribution in [0.25, 0.3) is 11.4 Å². The maximum absolute atomic E-state index is 11.9. The van der Waals surface area contributed by atoms with Crippen LogP contribution in [0, 0.1) is 0 Å². The summed E-state index contributed by atoms with van der Waals surface area (Å²) in [6, 6.07) is 3.81. The molecule has 3 rings (SSSR count). The molecule has 0 saturated carbocycles. The van der Waals surface area contributed by atoms with Gasteiger partial charge in [0, 0.05) is 48.9 Å². The van der Waals surface area contributed by atoms with E-state index in [2.05, 4.69) is 20.3 Å². The Morgan fingerprint density at radius 3 is 3.13 bits per heavy atom. The minimum absolute atomic E-state index is 0.000959. The summed E-state index contributed by atoms with van der Waals surface area (Å²) in [5.74, 6) is 0.684. The van der Waals surface area contributed by atoms with Crippen molar-refractivity contribution in [2.45, 2.75) is 31.7 Å². The second-order valence-corrected chi connectivity index (χ2v) is 5.59. The number of aryl methyl sites for hydroxylation is 1. The first kappa shape index (κ1) is 15.6. The predicted octanol–water partition coefficient (Wildman–Crippen LogP) is 2.07. The molecule has 1 aliphatic rings. The number of nitrogens with one attached hydrogen (secondary N) is 1. The molecule has 0 fully saturated rings. The maximum Gasteiger partial charge on any atom is 0.222 e. The van der Waals surface area contributed by atoms with Crippen LogP contribution < -0.4 is 5.32 Å².